The van der Waals surface area contributed by atoms with Crippen LogP contribution in [0.25, 0.3) is 0 Å². The third-order valence-electron chi connectivity index (χ3n) is 1.63. The minimum Gasteiger partial charge on any atom is -0.259 e. The predicted molar refractivity (Wildman–Crippen MR) is 36.3 cm³/mol. The molecule has 1 nitrogen and oxygen atoms in total. The van der Waals surface area contributed by atoms with Crippen LogP contribution in [0.5, 0.6) is 0 Å². The van der Waals surface area contributed by atoms with Crippen LogP contribution in [0.3, 0.4) is 0 Å². The first-order valence-electron chi connectivity index (χ1n) is 3.07. The molecule has 0 aromatic rings. The second kappa shape index (κ2) is 2.18. The highest BCUT2D eigenvalue weighted by Crippen LogP contribution is 2.20. The quantitative estimate of drug-likeness (QED) is 0.483. The van der Waals surface area contributed by atoms with E-state index < -0.39 is 10.8 Å². The van der Waals surface area contributed by atoms with Crippen molar-refractivity contribution < 1.29 is 4.21 Å². The molecule has 0 aromatic carbocycles. The molecule has 1 heterocycles. The van der Waals surface area contributed by atoms with Gasteiger partial charge in [-0.2, -0.15) is 0 Å². The van der Waals surface area contributed by atoms with Crippen LogP contribution in [0.1, 0.15) is 20.3 Å². The zero-order chi connectivity index (χ0) is 6.15. The fourth-order valence-corrected chi connectivity index (χ4v) is 2.76. The summed E-state index contributed by atoms with van der Waals surface area (Å²) in [6.07, 6.45) is 1.16. The van der Waals surface area contributed by atoms with E-state index in [4.69, 9.17) is 0 Å². The molecule has 1 fully saturated rings. The molecule has 2 heteroatoms. The first-order valence-corrected chi connectivity index (χ1v) is 4.45. The van der Waals surface area contributed by atoms with Gasteiger partial charge in [0.25, 0.3) is 0 Å². The first-order chi connectivity index (χ1) is 3.70. The third kappa shape index (κ3) is 1.10. The van der Waals surface area contributed by atoms with Gasteiger partial charge in [0.15, 0.2) is 0 Å². The normalized spacial score (nSPS) is 47.5. The van der Waals surface area contributed by atoms with Gasteiger partial charge in [0.05, 0.1) is 0 Å². The van der Waals surface area contributed by atoms with Crippen LogP contribution in [0.2, 0.25) is 0 Å². The molecule has 0 bridgehead atoms. The molecule has 0 amide bonds. The second-order valence-corrected chi connectivity index (χ2v) is 4.60. The van der Waals surface area contributed by atoms with Gasteiger partial charge in [-0.05, 0) is 12.3 Å². The summed E-state index contributed by atoms with van der Waals surface area (Å²) in [5.74, 6) is 1.63. The van der Waals surface area contributed by atoms with Crippen molar-refractivity contribution in [3.8, 4) is 0 Å². The first kappa shape index (κ1) is 6.27. The molecule has 3 atom stereocenters. The Bertz CT molecular complexity index is 111. The molecule has 3 unspecified atom stereocenters. The summed E-state index contributed by atoms with van der Waals surface area (Å²) < 4.78 is 10.9. The van der Waals surface area contributed by atoms with Crippen LogP contribution in [0.4, 0.5) is 0 Å². The molecule has 1 saturated heterocycles. The zero-order valence-corrected chi connectivity index (χ0v) is 6.20. The van der Waals surface area contributed by atoms with E-state index >= 15 is 0 Å². The van der Waals surface area contributed by atoms with Crippen molar-refractivity contribution in [2.24, 2.45) is 5.92 Å². The van der Waals surface area contributed by atoms with Crippen molar-refractivity contribution >= 4 is 10.8 Å². The Morgan fingerprint density at radius 3 is 2.25 bits per heavy atom. The SMILES string of the molecule is CC1CC(C)S(=O)C1. The van der Waals surface area contributed by atoms with E-state index in [-0.39, 0.29) is 0 Å². The molecule has 0 N–H and O–H groups in total. The van der Waals surface area contributed by atoms with Gasteiger partial charge in [0.1, 0.15) is 0 Å². The van der Waals surface area contributed by atoms with Crippen molar-refractivity contribution in [1.82, 2.24) is 0 Å². The van der Waals surface area contributed by atoms with Gasteiger partial charge >= 0.3 is 0 Å². The Balaban J connectivity index is 2.51. The molecule has 1 aliphatic rings. The van der Waals surface area contributed by atoms with Crippen LogP contribution in [-0.2, 0) is 10.8 Å². The Morgan fingerprint density at radius 2 is 2.12 bits per heavy atom. The smallest absolute Gasteiger partial charge is 0.0322 e. The van der Waals surface area contributed by atoms with Gasteiger partial charge in [-0.3, -0.25) is 4.21 Å². The molecule has 1 rings (SSSR count). The van der Waals surface area contributed by atoms with E-state index in [0.29, 0.717) is 11.2 Å². The summed E-state index contributed by atoms with van der Waals surface area (Å²) in [5, 5.41) is 0.463. The zero-order valence-electron chi connectivity index (χ0n) is 5.39. The predicted octanol–water partition coefficient (Wildman–Crippen LogP) is 1.16. The Kier molecular flexibility index (Phi) is 1.71. The fraction of sp³-hybridized carbons (Fsp3) is 1.00. The van der Waals surface area contributed by atoms with Gasteiger partial charge < -0.3 is 0 Å². The van der Waals surface area contributed by atoms with Crippen LogP contribution in [-0.4, -0.2) is 15.2 Å². The highest BCUT2D eigenvalue weighted by Gasteiger charge is 2.23. The number of hydrogen-bond donors (Lipinski definition) is 0. The third-order valence-corrected chi connectivity index (χ3v) is 3.62. The second-order valence-electron chi connectivity index (χ2n) is 2.70. The summed E-state index contributed by atoms with van der Waals surface area (Å²) in [5.41, 5.74) is 0. The molecule has 0 aliphatic carbocycles. The van der Waals surface area contributed by atoms with Crippen molar-refractivity contribution in [2.75, 3.05) is 5.75 Å². The monoisotopic (exact) mass is 132 g/mol. The largest absolute Gasteiger partial charge is 0.259 e. The van der Waals surface area contributed by atoms with E-state index in [0.717, 1.165) is 12.2 Å². The highest BCUT2D eigenvalue weighted by molar-refractivity contribution is 7.85. The maximum Gasteiger partial charge on any atom is 0.0322 e. The highest BCUT2D eigenvalue weighted by atomic mass is 32.2. The minimum absolute atomic E-state index is 0.463. The van der Waals surface area contributed by atoms with Gasteiger partial charge in [-0.25, -0.2) is 0 Å². The summed E-state index contributed by atoms with van der Waals surface area (Å²) >= 11 is 0. The summed E-state index contributed by atoms with van der Waals surface area (Å²) in [7, 11) is -0.498. The molecular formula is C6H12OS. The lowest BCUT2D eigenvalue weighted by molar-refractivity contribution is 0.626. The Labute approximate surface area is 52.9 Å². The van der Waals surface area contributed by atoms with Crippen molar-refractivity contribution in [3.63, 3.8) is 0 Å². The molecular weight excluding hydrogens is 120 g/mol. The van der Waals surface area contributed by atoms with E-state index in [2.05, 4.69) is 13.8 Å². The van der Waals surface area contributed by atoms with Crippen LogP contribution < -0.4 is 0 Å². The van der Waals surface area contributed by atoms with Crippen molar-refractivity contribution in [1.29, 1.82) is 0 Å². The number of hydrogen-bond acceptors (Lipinski definition) is 1. The topological polar surface area (TPSA) is 17.1 Å². The van der Waals surface area contributed by atoms with Crippen LogP contribution in [0, 0.1) is 5.92 Å². The van der Waals surface area contributed by atoms with Crippen LogP contribution in [0.15, 0.2) is 0 Å². The maximum atomic E-state index is 10.9. The lowest BCUT2D eigenvalue weighted by Crippen LogP contribution is -2.01. The lowest BCUT2D eigenvalue weighted by atomic mass is 10.1. The van der Waals surface area contributed by atoms with Crippen molar-refractivity contribution in [2.45, 2.75) is 25.5 Å². The average Bonchev–Trinajstić information content (AvgIpc) is 1.85. The molecule has 0 spiro atoms. The van der Waals surface area contributed by atoms with Gasteiger partial charge in [-0.1, -0.05) is 13.8 Å². The van der Waals surface area contributed by atoms with E-state index in [1.165, 1.54) is 0 Å². The molecule has 1 aliphatic heterocycles. The molecule has 0 aromatic heterocycles. The van der Waals surface area contributed by atoms with Gasteiger partial charge in [0, 0.05) is 21.8 Å². The van der Waals surface area contributed by atoms with Gasteiger partial charge in [0.2, 0.25) is 0 Å². The molecule has 0 radical (unpaired) electrons. The Hall–Kier alpha value is 0.150. The standard InChI is InChI=1S/C6H12OS/c1-5-3-6(2)8(7)4-5/h5-6H,3-4H2,1-2H3. The fourth-order valence-electron chi connectivity index (χ4n) is 1.19. The summed E-state index contributed by atoms with van der Waals surface area (Å²) in [6.45, 7) is 4.24. The molecule has 0 saturated carbocycles. The lowest BCUT2D eigenvalue weighted by Gasteiger charge is -1.94. The van der Waals surface area contributed by atoms with E-state index in [9.17, 15) is 4.21 Å². The average molecular weight is 132 g/mol. The van der Waals surface area contributed by atoms with E-state index in [1.54, 1.807) is 0 Å². The number of rotatable bonds is 0. The summed E-state index contributed by atoms with van der Waals surface area (Å²) in [4.78, 5) is 0. The van der Waals surface area contributed by atoms with E-state index in [1.807, 2.05) is 0 Å². The molecule has 8 heavy (non-hydrogen) atoms. The summed E-state index contributed by atoms with van der Waals surface area (Å²) in [6, 6.07) is 0. The molecule has 48 valence electrons. The Morgan fingerprint density at radius 1 is 1.50 bits per heavy atom. The minimum atomic E-state index is -0.498. The van der Waals surface area contributed by atoms with Gasteiger partial charge in [-0.15, -0.1) is 0 Å². The maximum absolute atomic E-state index is 10.9. The van der Waals surface area contributed by atoms with Crippen molar-refractivity contribution in [3.05, 3.63) is 0 Å². The van der Waals surface area contributed by atoms with Crippen LogP contribution >= 0.6 is 0 Å².